The number of aryl methyl sites for hydroxylation is 2. The monoisotopic (exact) mass is 237 g/mol. The molecule has 4 nitrogen and oxygen atoms in total. The number of aliphatic hydroxyl groups is 1. The van der Waals surface area contributed by atoms with E-state index < -0.39 is 6.10 Å². The van der Waals surface area contributed by atoms with Crippen molar-refractivity contribution in [2.45, 2.75) is 25.9 Å². The Balaban J connectivity index is 2.05. The standard InChI is InChI=1S/C11H15N3OS/c1-3-9-4-5-11(16-9)10(15)6-8-7-14(2)13-12-8/h4-5,7,10,15H,3,6H2,1-2H3. The molecule has 2 aromatic heterocycles. The van der Waals surface area contributed by atoms with Crippen LogP contribution in [-0.4, -0.2) is 20.1 Å². The van der Waals surface area contributed by atoms with Gasteiger partial charge in [-0.15, -0.1) is 16.4 Å². The summed E-state index contributed by atoms with van der Waals surface area (Å²) >= 11 is 1.66. The first-order chi connectivity index (χ1) is 7.69. The summed E-state index contributed by atoms with van der Waals surface area (Å²) in [6.45, 7) is 2.12. The van der Waals surface area contributed by atoms with Crippen molar-refractivity contribution in [3.05, 3.63) is 33.8 Å². The number of hydrogen-bond donors (Lipinski definition) is 1. The second-order valence-electron chi connectivity index (χ2n) is 3.76. The Bertz CT molecular complexity index is 463. The average molecular weight is 237 g/mol. The van der Waals surface area contributed by atoms with Crippen molar-refractivity contribution < 1.29 is 5.11 Å². The van der Waals surface area contributed by atoms with Crippen LogP contribution in [0.1, 0.15) is 28.5 Å². The Morgan fingerprint density at radius 3 is 2.88 bits per heavy atom. The molecule has 86 valence electrons. The smallest absolute Gasteiger partial charge is 0.0938 e. The van der Waals surface area contributed by atoms with Crippen molar-refractivity contribution in [3.8, 4) is 0 Å². The lowest BCUT2D eigenvalue weighted by molar-refractivity contribution is 0.181. The van der Waals surface area contributed by atoms with Crippen molar-refractivity contribution in [1.82, 2.24) is 15.0 Å². The first-order valence-electron chi connectivity index (χ1n) is 5.31. The van der Waals surface area contributed by atoms with E-state index >= 15 is 0 Å². The Morgan fingerprint density at radius 2 is 2.31 bits per heavy atom. The maximum absolute atomic E-state index is 10.0. The molecule has 0 fully saturated rings. The summed E-state index contributed by atoms with van der Waals surface area (Å²) in [7, 11) is 1.82. The zero-order chi connectivity index (χ0) is 11.5. The maximum atomic E-state index is 10.0. The molecular weight excluding hydrogens is 222 g/mol. The van der Waals surface area contributed by atoms with Gasteiger partial charge in [-0.2, -0.15) is 0 Å². The lowest BCUT2D eigenvalue weighted by atomic mass is 10.2. The fourth-order valence-electron chi connectivity index (χ4n) is 1.55. The Hall–Kier alpha value is -1.20. The highest BCUT2D eigenvalue weighted by Gasteiger charge is 2.12. The molecule has 0 aromatic carbocycles. The van der Waals surface area contributed by atoms with E-state index in [9.17, 15) is 5.11 Å². The molecule has 1 atom stereocenters. The summed E-state index contributed by atoms with van der Waals surface area (Å²) in [5.41, 5.74) is 0.821. The number of aromatic nitrogens is 3. The molecule has 0 saturated heterocycles. The lowest BCUT2D eigenvalue weighted by Crippen LogP contribution is -1.99. The van der Waals surface area contributed by atoms with Crippen LogP contribution in [0.4, 0.5) is 0 Å². The molecule has 0 aliphatic heterocycles. The van der Waals surface area contributed by atoms with Crippen LogP contribution in [0.2, 0.25) is 0 Å². The number of hydrogen-bond acceptors (Lipinski definition) is 4. The van der Waals surface area contributed by atoms with E-state index in [1.54, 1.807) is 16.0 Å². The minimum Gasteiger partial charge on any atom is -0.387 e. The Labute approximate surface area is 98.5 Å². The van der Waals surface area contributed by atoms with Gasteiger partial charge in [0.1, 0.15) is 0 Å². The van der Waals surface area contributed by atoms with E-state index in [0.717, 1.165) is 17.0 Å². The van der Waals surface area contributed by atoms with Crippen molar-refractivity contribution in [3.63, 3.8) is 0 Å². The fraction of sp³-hybridized carbons (Fsp3) is 0.455. The van der Waals surface area contributed by atoms with Crippen LogP contribution in [-0.2, 0) is 19.9 Å². The van der Waals surface area contributed by atoms with Crippen molar-refractivity contribution in [2.75, 3.05) is 0 Å². The highest BCUT2D eigenvalue weighted by molar-refractivity contribution is 7.12. The molecule has 0 radical (unpaired) electrons. The van der Waals surface area contributed by atoms with Gasteiger partial charge in [0.25, 0.3) is 0 Å². The number of thiophene rings is 1. The molecular formula is C11H15N3OS. The summed E-state index contributed by atoms with van der Waals surface area (Å²) in [6, 6.07) is 4.06. The number of nitrogens with zero attached hydrogens (tertiary/aromatic N) is 3. The zero-order valence-corrected chi connectivity index (χ0v) is 10.2. The third-order valence-electron chi connectivity index (χ3n) is 2.41. The van der Waals surface area contributed by atoms with Crippen LogP contribution in [0.5, 0.6) is 0 Å². The molecule has 2 rings (SSSR count). The van der Waals surface area contributed by atoms with E-state index in [0.29, 0.717) is 6.42 Å². The van der Waals surface area contributed by atoms with E-state index in [-0.39, 0.29) is 0 Å². The van der Waals surface area contributed by atoms with Crippen LogP contribution < -0.4 is 0 Å². The molecule has 1 N–H and O–H groups in total. The third-order valence-corrected chi connectivity index (χ3v) is 3.74. The van der Waals surface area contributed by atoms with Gasteiger partial charge in [0.2, 0.25) is 0 Å². The van der Waals surface area contributed by atoms with Gasteiger partial charge in [-0.1, -0.05) is 12.1 Å². The van der Waals surface area contributed by atoms with Gasteiger partial charge in [0, 0.05) is 29.4 Å². The molecule has 0 saturated carbocycles. The zero-order valence-electron chi connectivity index (χ0n) is 9.42. The minimum absolute atomic E-state index is 0.470. The van der Waals surface area contributed by atoms with Gasteiger partial charge in [0.05, 0.1) is 11.8 Å². The summed E-state index contributed by atoms with van der Waals surface area (Å²) < 4.78 is 1.65. The predicted octanol–water partition coefficient (Wildman–Crippen LogP) is 1.72. The minimum atomic E-state index is -0.470. The summed E-state index contributed by atoms with van der Waals surface area (Å²) in [5.74, 6) is 0. The molecule has 2 heterocycles. The van der Waals surface area contributed by atoms with E-state index in [1.165, 1.54) is 4.88 Å². The highest BCUT2D eigenvalue weighted by atomic mass is 32.1. The van der Waals surface area contributed by atoms with Crippen molar-refractivity contribution >= 4 is 11.3 Å². The van der Waals surface area contributed by atoms with Crippen LogP contribution in [0.15, 0.2) is 18.3 Å². The molecule has 0 bridgehead atoms. The lowest BCUT2D eigenvalue weighted by Gasteiger charge is -2.04. The third kappa shape index (κ3) is 2.48. The molecule has 1 unspecified atom stereocenters. The van der Waals surface area contributed by atoms with Crippen LogP contribution in [0, 0.1) is 0 Å². The summed E-state index contributed by atoms with van der Waals surface area (Å²) in [4.78, 5) is 2.30. The highest BCUT2D eigenvalue weighted by Crippen LogP contribution is 2.25. The second-order valence-corrected chi connectivity index (χ2v) is 4.96. The predicted molar refractivity (Wildman–Crippen MR) is 63.4 cm³/mol. The second kappa shape index (κ2) is 4.76. The van der Waals surface area contributed by atoms with Crippen molar-refractivity contribution in [1.29, 1.82) is 0 Å². The number of aliphatic hydroxyl groups excluding tert-OH is 1. The Kier molecular flexibility index (Phi) is 3.36. The molecule has 2 aromatic rings. The van der Waals surface area contributed by atoms with Gasteiger partial charge in [0.15, 0.2) is 0 Å². The van der Waals surface area contributed by atoms with Crippen LogP contribution in [0.25, 0.3) is 0 Å². The fourth-order valence-corrected chi connectivity index (χ4v) is 2.49. The molecule has 0 aliphatic carbocycles. The van der Waals surface area contributed by atoms with E-state index in [2.05, 4.69) is 23.3 Å². The normalized spacial score (nSPS) is 12.9. The first-order valence-corrected chi connectivity index (χ1v) is 6.12. The van der Waals surface area contributed by atoms with Crippen molar-refractivity contribution in [2.24, 2.45) is 7.05 Å². The van der Waals surface area contributed by atoms with E-state index in [4.69, 9.17) is 0 Å². The average Bonchev–Trinajstić information content (AvgIpc) is 2.87. The molecule has 0 spiro atoms. The van der Waals surface area contributed by atoms with Crippen LogP contribution >= 0.6 is 11.3 Å². The molecule has 0 amide bonds. The van der Waals surface area contributed by atoms with Crippen LogP contribution in [0.3, 0.4) is 0 Å². The summed E-state index contributed by atoms with van der Waals surface area (Å²) in [6.07, 6.45) is 2.90. The van der Waals surface area contributed by atoms with E-state index in [1.807, 2.05) is 19.3 Å². The molecule has 0 aliphatic rings. The summed E-state index contributed by atoms with van der Waals surface area (Å²) in [5, 5.41) is 17.8. The quantitative estimate of drug-likeness (QED) is 0.880. The van der Waals surface area contributed by atoms with Gasteiger partial charge in [-0.25, -0.2) is 0 Å². The number of rotatable bonds is 4. The SMILES string of the molecule is CCc1ccc(C(O)Cc2cn(C)nn2)s1. The van der Waals surface area contributed by atoms with Gasteiger partial charge < -0.3 is 5.11 Å². The Morgan fingerprint density at radius 1 is 1.50 bits per heavy atom. The van der Waals surface area contributed by atoms with Gasteiger partial charge in [-0.3, -0.25) is 4.68 Å². The van der Waals surface area contributed by atoms with Gasteiger partial charge in [-0.05, 0) is 18.6 Å². The largest absolute Gasteiger partial charge is 0.387 e. The molecule has 16 heavy (non-hydrogen) atoms. The topological polar surface area (TPSA) is 50.9 Å². The molecule has 5 heteroatoms. The van der Waals surface area contributed by atoms with Gasteiger partial charge >= 0.3 is 0 Å². The maximum Gasteiger partial charge on any atom is 0.0938 e. The first kappa shape index (κ1) is 11.3.